The Kier molecular flexibility index (Phi) is 4.94. The fraction of sp³-hybridized carbons (Fsp3) is 0.200. The molecule has 0 amide bonds. The Morgan fingerprint density at radius 1 is 1.20 bits per heavy atom. The van der Waals surface area contributed by atoms with Gasteiger partial charge in [0, 0.05) is 22.3 Å². The van der Waals surface area contributed by atoms with Crippen molar-refractivity contribution in [2.45, 2.75) is 13.5 Å². The standard InChI is InChI=1S/C15H15Br2NO2/c1-9-5-12(3-4-14(9)19)18-8-10-6-11(16)7-13(17)15(10)20-2/h3-7,18-19H,8H2,1-2H3. The molecule has 0 saturated heterocycles. The van der Waals surface area contributed by atoms with Gasteiger partial charge < -0.3 is 15.2 Å². The number of hydrogen-bond donors (Lipinski definition) is 2. The summed E-state index contributed by atoms with van der Waals surface area (Å²) < 4.78 is 7.31. The van der Waals surface area contributed by atoms with Gasteiger partial charge in [0.25, 0.3) is 0 Å². The minimum atomic E-state index is 0.304. The summed E-state index contributed by atoms with van der Waals surface area (Å²) in [6, 6.07) is 9.42. The lowest BCUT2D eigenvalue weighted by molar-refractivity contribution is 0.407. The molecule has 106 valence electrons. The van der Waals surface area contributed by atoms with Crippen LogP contribution >= 0.6 is 31.9 Å². The molecule has 2 rings (SSSR count). The van der Waals surface area contributed by atoms with Gasteiger partial charge in [-0.2, -0.15) is 0 Å². The SMILES string of the molecule is COc1c(Br)cc(Br)cc1CNc1ccc(O)c(C)c1. The molecule has 2 aromatic carbocycles. The molecule has 0 spiro atoms. The van der Waals surface area contributed by atoms with Crippen molar-refractivity contribution in [2.75, 3.05) is 12.4 Å². The van der Waals surface area contributed by atoms with E-state index >= 15 is 0 Å². The van der Waals surface area contributed by atoms with Gasteiger partial charge in [0.15, 0.2) is 0 Å². The summed E-state index contributed by atoms with van der Waals surface area (Å²) in [6.07, 6.45) is 0. The number of halogens is 2. The van der Waals surface area contributed by atoms with Crippen molar-refractivity contribution in [3.05, 3.63) is 50.4 Å². The van der Waals surface area contributed by atoms with Crippen LogP contribution in [-0.4, -0.2) is 12.2 Å². The summed E-state index contributed by atoms with van der Waals surface area (Å²) in [5.74, 6) is 1.12. The Labute approximate surface area is 135 Å². The van der Waals surface area contributed by atoms with E-state index in [-0.39, 0.29) is 0 Å². The Morgan fingerprint density at radius 2 is 1.95 bits per heavy atom. The molecule has 2 aromatic rings. The van der Waals surface area contributed by atoms with E-state index in [0.717, 1.165) is 31.5 Å². The zero-order valence-corrected chi connectivity index (χ0v) is 14.4. The summed E-state index contributed by atoms with van der Waals surface area (Å²) in [7, 11) is 1.65. The third-order valence-electron chi connectivity index (χ3n) is 2.97. The molecule has 0 radical (unpaired) electrons. The summed E-state index contributed by atoms with van der Waals surface area (Å²) in [5, 5.41) is 12.8. The molecule has 0 aliphatic rings. The fourth-order valence-corrected chi connectivity index (χ4v) is 3.41. The minimum Gasteiger partial charge on any atom is -0.508 e. The molecule has 20 heavy (non-hydrogen) atoms. The first-order valence-electron chi connectivity index (χ1n) is 6.06. The lowest BCUT2D eigenvalue weighted by Gasteiger charge is -2.13. The van der Waals surface area contributed by atoms with E-state index in [0.29, 0.717) is 12.3 Å². The fourth-order valence-electron chi connectivity index (χ4n) is 1.94. The first kappa shape index (κ1) is 15.2. The number of benzene rings is 2. The summed E-state index contributed by atoms with van der Waals surface area (Å²) >= 11 is 6.97. The van der Waals surface area contributed by atoms with Crippen molar-refractivity contribution in [2.24, 2.45) is 0 Å². The number of methoxy groups -OCH3 is 1. The summed E-state index contributed by atoms with van der Waals surface area (Å²) in [6.45, 7) is 2.50. The highest BCUT2D eigenvalue weighted by Crippen LogP contribution is 2.33. The van der Waals surface area contributed by atoms with Gasteiger partial charge in [-0.05, 0) is 58.7 Å². The topological polar surface area (TPSA) is 41.5 Å². The van der Waals surface area contributed by atoms with E-state index in [1.165, 1.54) is 0 Å². The lowest BCUT2D eigenvalue weighted by Crippen LogP contribution is -2.02. The van der Waals surface area contributed by atoms with Gasteiger partial charge in [0.2, 0.25) is 0 Å². The highest BCUT2D eigenvalue weighted by Gasteiger charge is 2.09. The van der Waals surface area contributed by atoms with E-state index in [1.54, 1.807) is 13.2 Å². The zero-order valence-electron chi connectivity index (χ0n) is 11.2. The van der Waals surface area contributed by atoms with E-state index < -0.39 is 0 Å². The van der Waals surface area contributed by atoms with Gasteiger partial charge in [0.05, 0.1) is 11.6 Å². The Morgan fingerprint density at radius 3 is 2.60 bits per heavy atom. The van der Waals surface area contributed by atoms with Crippen molar-refractivity contribution >= 4 is 37.5 Å². The number of rotatable bonds is 4. The van der Waals surface area contributed by atoms with E-state index in [1.807, 2.05) is 31.2 Å². The van der Waals surface area contributed by atoms with Crippen LogP contribution in [0.3, 0.4) is 0 Å². The number of phenolic OH excluding ortho intramolecular Hbond substituents is 1. The smallest absolute Gasteiger partial charge is 0.138 e. The van der Waals surface area contributed by atoms with Crippen LogP contribution in [-0.2, 0) is 6.54 Å². The maximum absolute atomic E-state index is 9.52. The van der Waals surface area contributed by atoms with E-state index in [4.69, 9.17) is 4.74 Å². The average Bonchev–Trinajstić information content (AvgIpc) is 2.39. The van der Waals surface area contributed by atoms with E-state index in [9.17, 15) is 5.11 Å². The first-order chi connectivity index (χ1) is 9.51. The highest BCUT2D eigenvalue weighted by molar-refractivity contribution is 9.11. The van der Waals surface area contributed by atoms with Crippen molar-refractivity contribution in [1.82, 2.24) is 0 Å². The van der Waals surface area contributed by atoms with Crippen LogP contribution in [0.25, 0.3) is 0 Å². The maximum atomic E-state index is 9.52. The number of ether oxygens (including phenoxy) is 1. The van der Waals surface area contributed by atoms with Crippen LogP contribution in [0.5, 0.6) is 11.5 Å². The predicted molar refractivity (Wildman–Crippen MR) is 88.6 cm³/mol. The number of nitrogens with one attached hydrogen (secondary N) is 1. The normalized spacial score (nSPS) is 10.4. The molecule has 0 bridgehead atoms. The molecule has 0 aromatic heterocycles. The number of aromatic hydroxyl groups is 1. The quantitative estimate of drug-likeness (QED) is 0.721. The van der Waals surface area contributed by atoms with E-state index in [2.05, 4.69) is 37.2 Å². The largest absolute Gasteiger partial charge is 0.508 e. The number of aryl methyl sites for hydroxylation is 1. The molecule has 0 aliphatic heterocycles. The second kappa shape index (κ2) is 6.50. The van der Waals surface area contributed by atoms with Crippen LogP contribution in [0.2, 0.25) is 0 Å². The first-order valence-corrected chi connectivity index (χ1v) is 7.65. The van der Waals surface area contributed by atoms with Crippen molar-refractivity contribution in [3.63, 3.8) is 0 Å². The predicted octanol–water partition coefficient (Wildman–Crippen LogP) is 4.85. The molecule has 0 saturated carbocycles. The monoisotopic (exact) mass is 399 g/mol. The van der Waals surface area contributed by atoms with Gasteiger partial charge in [0.1, 0.15) is 11.5 Å². The summed E-state index contributed by atoms with van der Waals surface area (Å²) in [5.41, 5.74) is 2.84. The molecule has 0 unspecified atom stereocenters. The number of phenols is 1. The molecule has 2 N–H and O–H groups in total. The Balaban J connectivity index is 2.20. The van der Waals surface area contributed by atoms with Gasteiger partial charge in [-0.15, -0.1) is 0 Å². The third-order valence-corrected chi connectivity index (χ3v) is 4.02. The van der Waals surface area contributed by atoms with Crippen LogP contribution in [0.4, 0.5) is 5.69 Å². The van der Waals surface area contributed by atoms with Gasteiger partial charge in [-0.25, -0.2) is 0 Å². The van der Waals surface area contributed by atoms with Crippen LogP contribution < -0.4 is 10.1 Å². The molecule has 0 aliphatic carbocycles. The highest BCUT2D eigenvalue weighted by atomic mass is 79.9. The average molecular weight is 401 g/mol. The van der Waals surface area contributed by atoms with Crippen molar-refractivity contribution in [1.29, 1.82) is 0 Å². The molecule has 0 fully saturated rings. The Hall–Kier alpha value is -1.20. The molecule has 5 heteroatoms. The van der Waals surface area contributed by atoms with Crippen LogP contribution in [0.1, 0.15) is 11.1 Å². The molecule has 0 atom stereocenters. The van der Waals surface area contributed by atoms with Gasteiger partial charge in [-0.3, -0.25) is 0 Å². The summed E-state index contributed by atoms with van der Waals surface area (Å²) in [4.78, 5) is 0. The second-order valence-electron chi connectivity index (χ2n) is 4.43. The third kappa shape index (κ3) is 3.46. The Bertz CT molecular complexity index is 630. The molecule has 3 nitrogen and oxygen atoms in total. The van der Waals surface area contributed by atoms with Gasteiger partial charge >= 0.3 is 0 Å². The van der Waals surface area contributed by atoms with Crippen molar-refractivity contribution in [3.8, 4) is 11.5 Å². The molecular formula is C15H15Br2NO2. The minimum absolute atomic E-state index is 0.304. The van der Waals surface area contributed by atoms with Crippen LogP contribution in [0.15, 0.2) is 39.3 Å². The maximum Gasteiger partial charge on any atom is 0.138 e. The number of anilines is 1. The lowest BCUT2D eigenvalue weighted by atomic mass is 10.1. The molecular weight excluding hydrogens is 386 g/mol. The van der Waals surface area contributed by atoms with Gasteiger partial charge in [-0.1, -0.05) is 15.9 Å². The van der Waals surface area contributed by atoms with Crippen molar-refractivity contribution < 1.29 is 9.84 Å². The van der Waals surface area contributed by atoms with Crippen LogP contribution in [0, 0.1) is 6.92 Å². The molecule has 0 heterocycles. The second-order valence-corrected chi connectivity index (χ2v) is 6.20. The number of hydrogen-bond acceptors (Lipinski definition) is 3. The zero-order chi connectivity index (χ0) is 14.7.